The minimum absolute atomic E-state index is 0.700. The fourth-order valence-corrected chi connectivity index (χ4v) is 2.68. The molecule has 0 fully saturated rings. The molecule has 1 N–H and O–H groups in total. The van der Waals surface area contributed by atoms with E-state index in [-0.39, 0.29) is 0 Å². The van der Waals surface area contributed by atoms with E-state index in [4.69, 9.17) is 4.74 Å². The summed E-state index contributed by atoms with van der Waals surface area (Å²) in [5.74, 6) is 3.17. The fraction of sp³-hybridized carbons (Fsp3) is 0.684. The van der Waals surface area contributed by atoms with Gasteiger partial charge in [0.1, 0.15) is 5.75 Å². The second-order valence-corrected chi connectivity index (χ2v) is 6.72. The Morgan fingerprint density at radius 2 is 1.90 bits per heavy atom. The molecule has 0 saturated carbocycles. The highest BCUT2D eigenvalue weighted by atomic mass is 16.5. The Labute approximate surface area is 131 Å². The summed E-state index contributed by atoms with van der Waals surface area (Å²) in [5, 5.41) is 3.63. The Morgan fingerprint density at radius 3 is 2.52 bits per heavy atom. The minimum atomic E-state index is 0.700. The first-order valence-electron chi connectivity index (χ1n) is 8.38. The van der Waals surface area contributed by atoms with Crippen LogP contribution in [0.3, 0.4) is 0 Å². The van der Waals surface area contributed by atoms with Gasteiger partial charge in [0.15, 0.2) is 0 Å². The van der Waals surface area contributed by atoms with E-state index < -0.39 is 0 Å². The van der Waals surface area contributed by atoms with Gasteiger partial charge in [-0.25, -0.2) is 0 Å². The summed E-state index contributed by atoms with van der Waals surface area (Å²) in [6.07, 6.45) is 3.68. The van der Waals surface area contributed by atoms with Crippen LogP contribution in [-0.4, -0.2) is 20.2 Å². The fourth-order valence-electron chi connectivity index (χ4n) is 2.68. The van der Waals surface area contributed by atoms with E-state index in [2.05, 4.69) is 51.2 Å². The molecule has 0 amide bonds. The lowest BCUT2D eigenvalue weighted by Gasteiger charge is -2.22. The van der Waals surface area contributed by atoms with Gasteiger partial charge in [-0.1, -0.05) is 46.2 Å². The average Bonchev–Trinajstić information content (AvgIpc) is 2.46. The highest BCUT2D eigenvalue weighted by Crippen LogP contribution is 2.21. The predicted molar refractivity (Wildman–Crippen MR) is 92.0 cm³/mol. The number of hydrogen-bond acceptors (Lipinski definition) is 2. The van der Waals surface area contributed by atoms with Crippen molar-refractivity contribution in [3.63, 3.8) is 0 Å². The van der Waals surface area contributed by atoms with Crippen molar-refractivity contribution in [3.05, 3.63) is 29.8 Å². The molecule has 2 atom stereocenters. The van der Waals surface area contributed by atoms with Gasteiger partial charge in [0.25, 0.3) is 0 Å². The molecule has 1 aromatic carbocycles. The summed E-state index contributed by atoms with van der Waals surface area (Å²) in [6, 6.07) is 8.50. The van der Waals surface area contributed by atoms with E-state index in [0.717, 1.165) is 31.2 Å². The summed E-state index contributed by atoms with van der Waals surface area (Å²) < 4.78 is 5.34. The maximum atomic E-state index is 5.34. The maximum Gasteiger partial charge on any atom is 0.119 e. The SMILES string of the molecule is CCC(C)CC(CNCC(C)C)Cc1cccc(OC)c1. The number of nitrogens with one attached hydrogen (secondary N) is 1. The van der Waals surface area contributed by atoms with Gasteiger partial charge < -0.3 is 10.1 Å². The molecule has 1 aromatic rings. The molecular formula is C19H33NO. The molecule has 0 bridgehead atoms. The Bertz CT molecular complexity index is 389. The first-order chi connectivity index (χ1) is 10.0. The van der Waals surface area contributed by atoms with E-state index in [9.17, 15) is 0 Å². The Kier molecular flexibility index (Phi) is 8.44. The molecule has 0 radical (unpaired) electrons. The molecule has 0 aliphatic heterocycles. The van der Waals surface area contributed by atoms with Gasteiger partial charge in [-0.15, -0.1) is 0 Å². The maximum absolute atomic E-state index is 5.34. The predicted octanol–water partition coefficient (Wildman–Crippen LogP) is 4.54. The van der Waals surface area contributed by atoms with Crippen molar-refractivity contribution in [1.82, 2.24) is 5.32 Å². The van der Waals surface area contributed by atoms with Gasteiger partial charge in [-0.2, -0.15) is 0 Å². The van der Waals surface area contributed by atoms with Crippen LogP contribution in [0.15, 0.2) is 24.3 Å². The normalized spacial score (nSPS) is 14.2. The van der Waals surface area contributed by atoms with Crippen molar-refractivity contribution in [2.75, 3.05) is 20.2 Å². The van der Waals surface area contributed by atoms with Crippen molar-refractivity contribution in [2.24, 2.45) is 17.8 Å². The van der Waals surface area contributed by atoms with Gasteiger partial charge in [-0.3, -0.25) is 0 Å². The molecule has 2 heteroatoms. The lowest BCUT2D eigenvalue weighted by atomic mass is 9.89. The van der Waals surface area contributed by atoms with Crippen LogP contribution < -0.4 is 10.1 Å². The Balaban J connectivity index is 2.61. The third-order valence-corrected chi connectivity index (χ3v) is 4.08. The highest BCUT2D eigenvalue weighted by molar-refractivity contribution is 5.28. The van der Waals surface area contributed by atoms with Gasteiger partial charge in [0, 0.05) is 0 Å². The van der Waals surface area contributed by atoms with Crippen molar-refractivity contribution in [2.45, 2.75) is 47.0 Å². The molecule has 1 rings (SSSR count). The molecule has 21 heavy (non-hydrogen) atoms. The molecule has 0 aliphatic carbocycles. The quantitative estimate of drug-likeness (QED) is 0.683. The molecular weight excluding hydrogens is 258 g/mol. The monoisotopic (exact) mass is 291 g/mol. The zero-order valence-corrected chi connectivity index (χ0v) is 14.5. The van der Waals surface area contributed by atoms with Gasteiger partial charge in [0.2, 0.25) is 0 Å². The van der Waals surface area contributed by atoms with Crippen LogP contribution >= 0.6 is 0 Å². The van der Waals surface area contributed by atoms with Crippen molar-refractivity contribution < 1.29 is 4.74 Å². The van der Waals surface area contributed by atoms with Crippen LogP contribution in [0.2, 0.25) is 0 Å². The number of benzene rings is 1. The summed E-state index contributed by atoms with van der Waals surface area (Å²) in [4.78, 5) is 0. The van der Waals surface area contributed by atoms with Crippen LogP contribution in [0.1, 0.15) is 46.1 Å². The van der Waals surface area contributed by atoms with Crippen LogP contribution in [0.4, 0.5) is 0 Å². The molecule has 0 spiro atoms. The second kappa shape index (κ2) is 9.83. The van der Waals surface area contributed by atoms with Crippen molar-refractivity contribution in [3.8, 4) is 5.75 Å². The first kappa shape index (κ1) is 18.0. The summed E-state index contributed by atoms with van der Waals surface area (Å²) >= 11 is 0. The largest absolute Gasteiger partial charge is 0.497 e. The third-order valence-electron chi connectivity index (χ3n) is 4.08. The van der Waals surface area contributed by atoms with Crippen molar-refractivity contribution >= 4 is 0 Å². The molecule has 2 nitrogen and oxygen atoms in total. The van der Waals surface area contributed by atoms with Crippen LogP contribution in [-0.2, 0) is 6.42 Å². The topological polar surface area (TPSA) is 21.3 Å². The zero-order chi connectivity index (χ0) is 15.7. The number of ether oxygens (including phenoxy) is 1. The van der Waals surface area contributed by atoms with E-state index >= 15 is 0 Å². The van der Waals surface area contributed by atoms with Gasteiger partial charge >= 0.3 is 0 Å². The van der Waals surface area contributed by atoms with Crippen LogP contribution in [0.25, 0.3) is 0 Å². The molecule has 0 heterocycles. The van der Waals surface area contributed by atoms with Gasteiger partial charge in [-0.05, 0) is 61.4 Å². The smallest absolute Gasteiger partial charge is 0.119 e. The molecule has 0 aromatic heterocycles. The summed E-state index contributed by atoms with van der Waals surface area (Å²) in [7, 11) is 1.74. The van der Waals surface area contributed by atoms with Crippen LogP contribution in [0.5, 0.6) is 5.75 Å². The summed E-state index contributed by atoms with van der Waals surface area (Å²) in [5.41, 5.74) is 1.38. The lowest BCUT2D eigenvalue weighted by Crippen LogP contribution is -2.28. The van der Waals surface area contributed by atoms with E-state index in [0.29, 0.717) is 11.8 Å². The van der Waals surface area contributed by atoms with Gasteiger partial charge in [0.05, 0.1) is 7.11 Å². The Hall–Kier alpha value is -1.02. The Morgan fingerprint density at radius 1 is 1.14 bits per heavy atom. The molecule has 2 unspecified atom stereocenters. The van der Waals surface area contributed by atoms with E-state index in [1.54, 1.807) is 7.11 Å². The van der Waals surface area contributed by atoms with E-state index in [1.165, 1.54) is 18.4 Å². The van der Waals surface area contributed by atoms with Crippen LogP contribution in [0, 0.1) is 17.8 Å². The second-order valence-electron chi connectivity index (χ2n) is 6.72. The summed E-state index contributed by atoms with van der Waals surface area (Å²) in [6.45, 7) is 11.4. The third kappa shape index (κ3) is 7.52. The van der Waals surface area contributed by atoms with Crippen molar-refractivity contribution in [1.29, 1.82) is 0 Å². The molecule has 0 aliphatic rings. The molecule has 120 valence electrons. The number of rotatable bonds is 10. The van der Waals surface area contributed by atoms with E-state index in [1.807, 2.05) is 6.07 Å². The molecule has 0 saturated heterocycles. The first-order valence-corrected chi connectivity index (χ1v) is 8.38. The number of methoxy groups -OCH3 is 1. The lowest BCUT2D eigenvalue weighted by molar-refractivity contribution is 0.356. The minimum Gasteiger partial charge on any atom is -0.497 e. The standard InChI is InChI=1S/C19H33NO/c1-6-16(4)10-18(14-20-13-15(2)3)11-17-8-7-9-19(12-17)21-5/h7-9,12,15-16,18,20H,6,10-11,13-14H2,1-5H3. The zero-order valence-electron chi connectivity index (χ0n) is 14.5. The average molecular weight is 291 g/mol. The number of hydrogen-bond donors (Lipinski definition) is 1. The highest BCUT2D eigenvalue weighted by Gasteiger charge is 2.13.